The molecule has 7 nitrogen and oxygen atoms in total. The molecule has 2 amide bonds. The molecule has 0 saturated heterocycles. The highest BCUT2D eigenvalue weighted by Crippen LogP contribution is 2.09. The topological polar surface area (TPSA) is 97.6 Å². The molecule has 0 saturated carbocycles. The van der Waals surface area contributed by atoms with E-state index in [4.69, 9.17) is 9.15 Å². The Morgan fingerprint density at radius 2 is 1.92 bits per heavy atom. The third-order valence-corrected chi connectivity index (χ3v) is 3.12. The van der Waals surface area contributed by atoms with Crippen LogP contribution >= 0.6 is 0 Å². The summed E-state index contributed by atoms with van der Waals surface area (Å²) in [5.74, 6) is -2.39. The van der Waals surface area contributed by atoms with Gasteiger partial charge in [0.05, 0.1) is 12.9 Å². The Labute approximate surface area is 148 Å². The highest BCUT2D eigenvalue weighted by molar-refractivity contribution is 6.05. The molecule has 26 heavy (non-hydrogen) atoms. The molecule has 2 rings (SSSR count). The Bertz CT molecular complexity index is 797. The SMILES string of the molecule is CCOC(=O)CNC(=O)/C(=C\c1ccc(F)cc1)NC(=O)c1ccco1. The van der Waals surface area contributed by atoms with Crippen LogP contribution in [0.5, 0.6) is 0 Å². The number of ether oxygens (including phenoxy) is 1. The van der Waals surface area contributed by atoms with Crippen molar-refractivity contribution in [2.75, 3.05) is 13.2 Å². The Morgan fingerprint density at radius 3 is 2.54 bits per heavy atom. The van der Waals surface area contributed by atoms with E-state index in [1.54, 1.807) is 6.92 Å². The first-order chi connectivity index (χ1) is 12.5. The minimum Gasteiger partial charge on any atom is -0.465 e. The van der Waals surface area contributed by atoms with Gasteiger partial charge in [-0.15, -0.1) is 0 Å². The monoisotopic (exact) mass is 360 g/mol. The second-order valence-corrected chi connectivity index (χ2v) is 5.03. The molecule has 0 aliphatic heterocycles. The summed E-state index contributed by atoms with van der Waals surface area (Å²) in [6.45, 7) is 1.47. The maximum atomic E-state index is 13.0. The first kappa shape index (κ1) is 18.9. The van der Waals surface area contributed by atoms with Crippen LogP contribution in [0.3, 0.4) is 0 Å². The summed E-state index contributed by atoms with van der Waals surface area (Å²) in [5, 5.41) is 4.76. The summed E-state index contributed by atoms with van der Waals surface area (Å²) in [5.41, 5.74) is 0.342. The number of rotatable bonds is 7. The number of hydrogen-bond donors (Lipinski definition) is 2. The van der Waals surface area contributed by atoms with Crippen LogP contribution in [0.1, 0.15) is 23.0 Å². The molecule has 0 radical (unpaired) electrons. The van der Waals surface area contributed by atoms with Gasteiger partial charge in [-0.2, -0.15) is 0 Å². The van der Waals surface area contributed by atoms with Crippen molar-refractivity contribution in [3.05, 3.63) is 65.5 Å². The van der Waals surface area contributed by atoms with Gasteiger partial charge in [0.1, 0.15) is 18.1 Å². The van der Waals surface area contributed by atoms with Crippen molar-refractivity contribution in [1.29, 1.82) is 0 Å². The average Bonchev–Trinajstić information content (AvgIpc) is 3.16. The van der Waals surface area contributed by atoms with Crippen molar-refractivity contribution >= 4 is 23.9 Å². The van der Waals surface area contributed by atoms with Gasteiger partial charge in [0.2, 0.25) is 0 Å². The second kappa shape index (κ2) is 9.16. The molecule has 8 heteroatoms. The minimum atomic E-state index is -0.706. The number of benzene rings is 1. The molecule has 0 unspecified atom stereocenters. The van der Waals surface area contributed by atoms with E-state index in [9.17, 15) is 18.8 Å². The molecule has 0 bridgehead atoms. The lowest BCUT2D eigenvalue weighted by atomic mass is 10.2. The summed E-state index contributed by atoms with van der Waals surface area (Å²) in [7, 11) is 0. The minimum absolute atomic E-state index is 0.00759. The Balaban J connectivity index is 2.17. The molecule has 136 valence electrons. The van der Waals surface area contributed by atoms with Crippen molar-refractivity contribution < 1.29 is 27.9 Å². The third-order valence-electron chi connectivity index (χ3n) is 3.12. The zero-order valence-electron chi connectivity index (χ0n) is 14.0. The molecule has 0 aliphatic rings. The van der Waals surface area contributed by atoms with Crippen LogP contribution in [0.25, 0.3) is 6.08 Å². The predicted octanol–water partition coefficient (Wildman–Crippen LogP) is 1.87. The lowest BCUT2D eigenvalue weighted by Gasteiger charge is -2.10. The van der Waals surface area contributed by atoms with Crippen LogP contribution in [0, 0.1) is 5.82 Å². The fourth-order valence-electron chi connectivity index (χ4n) is 1.94. The molecule has 1 aromatic carbocycles. The van der Waals surface area contributed by atoms with Crippen LogP contribution < -0.4 is 10.6 Å². The Hall–Kier alpha value is -3.42. The molecular formula is C18H17FN2O5. The molecule has 1 heterocycles. The van der Waals surface area contributed by atoms with Gasteiger partial charge in [0, 0.05) is 0 Å². The fourth-order valence-corrected chi connectivity index (χ4v) is 1.94. The van der Waals surface area contributed by atoms with Gasteiger partial charge in [-0.1, -0.05) is 12.1 Å². The molecule has 2 N–H and O–H groups in total. The lowest BCUT2D eigenvalue weighted by molar-refractivity contribution is -0.143. The number of furan rings is 1. The average molecular weight is 360 g/mol. The van der Waals surface area contributed by atoms with Gasteiger partial charge in [0.25, 0.3) is 11.8 Å². The second-order valence-electron chi connectivity index (χ2n) is 5.03. The number of amides is 2. The Kier molecular flexibility index (Phi) is 6.67. The van der Waals surface area contributed by atoms with Gasteiger partial charge in [0.15, 0.2) is 5.76 Å². The van der Waals surface area contributed by atoms with Gasteiger partial charge < -0.3 is 19.8 Å². The molecule has 0 aliphatic carbocycles. The standard InChI is InChI=1S/C18H17FN2O5/c1-2-25-16(22)11-20-17(23)14(10-12-5-7-13(19)8-6-12)21-18(24)15-4-3-9-26-15/h3-10H,2,11H2,1H3,(H,20,23)(H,21,24)/b14-10+. The van der Waals surface area contributed by atoms with Gasteiger partial charge in [-0.05, 0) is 42.8 Å². The van der Waals surface area contributed by atoms with E-state index < -0.39 is 23.6 Å². The third kappa shape index (κ3) is 5.59. The van der Waals surface area contributed by atoms with E-state index in [1.807, 2.05) is 0 Å². The summed E-state index contributed by atoms with van der Waals surface area (Å²) < 4.78 is 22.7. The molecule has 0 fully saturated rings. The number of carbonyl (C=O) groups is 3. The maximum Gasteiger partial charge on any atom is 0.325 e. The number of esters is 1. The van der Waals surface area contributed by atoms with Crippen molar-refractivity contribution in [3.63, 3.8) is 0 Å². The molecular weight excluding hydrogens is 343 g/mol. The number of halogens is 1. The van der Waals surface area contributed by atoms with Gasteiger partial charge in [-0.3, -0.25) is 14.4 Å². The van der Waals surface area contributed by atoms with Gasteiger partial charge in [-0.25, -0.2) is 4.39 Å². The zero-order chi connectivity index (χ0) is 18.9. The van der Waals surface area contributed by atoms with E-state index >= 15 is 0 Å². The molecule has 2 aromatic rings. The van der Waals surface area contributed by atoms with Crippen molar-refractivity contribution in [2.24, 2.45) is 0 Å². The van der Waals surface area contributed by atoms with Crippen LogP contribution in [-0.4, -0.2) is 30.9 Å². The van der Waals surface area contributed by atoms with Crippen LogP contribution in [0.15, 0.2) is 52.8 Å². The summed E-state index contributed by atoms with van der Waals surface area (Å²) in [4.78, 5) is 35.8. The van der Waals surface area contributed by atoms with Crippen molar-refractivity contribution in [3.8, 4) is 0 Å². The lowest BCUT2D eigenvalue weighted by Crippen LogP contribution is -2.37. The van der Waals surface area contributed by atoms with E-state index in [2.05, 4.69) is 10.6 Å². The highest BCUT2D eigenvalue weighted by Gasteiger charge is 2.17. The van der Waals surface area contributed by atoms with E-state index in [-0.39, 0.29) is 24.6 Å². The summed E-state index contributed by atoms with van der Waals surface area (Å²) in [6.07, 6.45) is 2.67. The van der Waals surface area contributed by atoms with Crippen LogP contribution in [0.4, 0.5) is 4.39 Å². The van der Waals surface area contributed by atoms with E-state index in [0.717, 1.165) is 0 Å². The normalized spacial score (nSPS) is 10.9. The number of hydrogen-bond acceptors (Lipinski definition) is 5. The van der Waals surface area contributed by atoms with Crippen molar-refractivity contribution in [2.45, 2.75) is 6.92 Å². The summed E-state index contributed by atoms with van der Waals surface area (Å²) in [6, 6.07) is 8.27. The fraction of sp³-hybridized carbons (Fsp3) is 0.167. The summed E-state index contributed by atoms with van der Waals surface area (Å²) >= 11 is 0. The number of carbonyl (C=O) groups excluding carboxylic acids is 3. The predicted molar refractivity (Wildman–Crippen MR) is 90.2 cm³/mol. The highest BCUT2D eigenvalue weighted by atomic mass is 19.1. The first-order valence-corrected chi connectivity index (χ1v) is 7.75. The van der Waals surface area contributed by atoms with Gasteiger partial charge >= 0.3 is 5.97 Å². The molecule has 0 atom stereocenters. The largest absolute Gasteiger partial charge is 0.465 e. The van der Waals surface area contributed by atoms with Crippen LogP contribution in [-0.2, 0) is 14.3 Å². The molecule has 0 spiro atoms. The maximum absolute atomic E-state index is 13.0. The molecule has 1 aromatic heterocycles. The van der Waals surface area contributed by atoms with Crippen LogP contribution in [0.2, 0.25) is 0 Å². The number of nitrogens with one attached hydrogen (secondary N) is 2. The smallest absolute Gasteiger partial charge is 0.325 e. The zero-order valence-corrected chi connectivity index (χ0v) is 14.0. The van der Waals surface area contributed by atoms with E-state index in [1.165, 1.54) is 48.7 Å². The van der Waals surface area contributed by atoms with E-state index in [0.29, 0.717) is 5.56 Å². The van der Waals surface area contributed by atoms with Crippen molar-refractivity contribution in [1.82, 2.24) is 10.6 Å². The Morgan fingerprint density at radius 1 is 1.19 bits per heavy atom. The quantitative estimate of drug-likeness (QED) is 0.580. The first-order valence-electron chi connectivity index (χ1n) is 7.75.